The van der Waals surface area contributed by atoms with Gasteiger partial charge in [0, 0.05) is 17.4 Å². The minimum Gasteiger partial charge on any atom is -0.399 e. The first-order valence-electron chi connectivity index (χ1n) is 4.79. The van der Waals surface area contributed by atoms with Crippen LogP contribution < -0.4 is 5.73 Å². The maximum Gasteiger partial charge on any atom is 0.0587 e. The largest absolute Gasteiger partial charge is 0.399 e. The third-order valence-electron chi connectivity index (χ3n) is 2.17. The lowest BCUT2D eigenvalue weighted by Gasteiger charge is -1.98. The van der Waals surface area contributed by atoms with E-state index in [2.05, 4.69) is 11.7 Å². The van der Waals surface area contributed by atoms with Gasteiger partial charge in [0.05, 0.1) is 12.7 Å². The number of hydrogen-bond donors (Lipinski definition) is 1. The number of benzene rings is 1. The number of nitrogens with two attached hydrogens (primary N) is 1. The quantitative estimate of drug-likeness (QED) is 0.609. The van der Waals surface area contributed by atoms with Crippen LogP contribution in [-0.4, -0.2) is 9.78 Å². The van der Waals surface area contributed by atoms with Crippen molar-refractivity contribution in [3.63, 3.8) is 0 Å². The number of nitrogen functional groups attached to an aromatic ring is 1. The van der Waals surface area contributed by atoms with Crippen LogP contribution in [0.4, 0.5) is 5.69 Å². The number of rotatable bonds is 3. The summed E-state index contributed by atoms with van der Waals surface area (Å²) < 4.78 is 1.84. The Hall–Kier alpha value is -2.03. The van der Waals surface area contributed by atoms with Crippen LogP contribution in [0.5, 0.6) is 0 Å². The maximum absolute atomic E-state index is 5.72. The summed E-state index contributed by atoms with van der Waals surface area (Å²) in [5, 5.41) is 4.22. The van der Waals surface area contributed by atoms with Crippen molar-refractivity contribution in [3.8, 4) is 11.1 Å². The van der Waals surface area contributed by atoms with Gasteiger partial charge in [0.1, 0.15) is 0 Å². The van der Waals surface area contributed by atoms with E-state index in [-0.39, 0.29) is 0 Å². The molecule has 0 amide bonds. The van der Waals surface area contributed by atoms with Crippen LogP contribution in [0.15, 0.2) is 49.3 Å². The molecule has 3 nitrogen and oxygen atoms in total. The van der Waals surface area contributed by atoms with Crippen LogP contribution in [0.1, 0.15) is 0 Å². The maximum atomic E-state index is 5.72. The Morgan fingerprint density at radius 3 is 3.00 bits per heavy atom. The van der Waals surface area contributed by atoms with E-state index in [0.29, 0.717) is 0 Å². The molecule has 0 radical (unpaired) electrons. The van der Waals surface area contributed by atoms with E-state index in [1.165, 1.54) is 0 Å². The summed E-state index contributed by atoms with van der Waals surface area (Å²) in [6, 6.07) is 7.77. The average Bonchev–Trinajstić information content (AvgIpc) is 2.67. The number of nitrogens with zero attached hydrogens (tertiary/aromatic N) is 2. The van der Waals surface area contributed by atoms with Crippen LogP contribution in [0.2, 0.25) is 0 Å². The van der Waals surface area contributed by atoms with Crippen molar-refractivity contribution < 1.29 is 0 Å². The summed E-state index contributed by atoms with van der Waals surface area (Å²) in [6.07, 6.45) is 5.63. The van der Waals surface area contributed by atoms with Crippen molar-refractivity contribution in [1.29, 1.82) is 0 Å². The summed E-state index contributed by atoms with van der Waals surface area (Å²) in [5.74, 6) is 0. The Kier molecular flexibility index (Phi) is 2.54. The third kappa shape index (κ3) is 2.07. The summed E-state index contributed by atoms with van der Waals surface area (Å²) in [6.45, 7) is 4.40. The second-order valence-corrected chi connectivity index (χ2v) is 3.37. The molecule has 0 fully saturated rings. The molecule has 2 aromatic rings. The van der Waals surface area contributed by atoms with E-state index < -0.39 is 0 Å². The summed E-state index contributed by atoms with van der Waals surface area (Å²) in [7, 11) is 0. The number of allylic oxidation sites excluding steroid dienone is 1. The summed E-state index contributed by atoms with van der Waals surface area (Å²) in [4.78, 5) is 0. The fourth-order valence-corrected chi connectivity index (χ4v) is 1.46. The number of anilines is 1. The molecule has 2 rings (SSSR count). The van der Waals surface area contributed by atoms with Gasteiger partial charge in [0.25, 0.3) is 0 Å². The van der Waals surface area contributed by atoms with Crippen molar-refractivity contribution >= 4 is 5.69 Å². The van der Waals surface area contributed by atoms with E-state index in [4.69, 9.17) is 5.73 Å². The zero-order chi connectivity index (χ0) is 10.7. The van der Waals surface area contributed by atoms with Crippen molar-refractivity contribution in [3.05, 3.63) is 49.3 Å². The van der Waals surface area contributed by atoms with Crippen molar-refractivity contribution in [2.24, 2.45) is 0 Å². The standard InChI is InChI=1S/C12H13N3/c1-2-6-15-9-11(8-14-15)10-4-3-5-12(13)7-10/h2-5,7-9H,1,6,13H2. The van der Waals surface area contributed by atoms with Gasteiger partial charge in [-0.2, -0.15) is 5.10 Å². The molecular formula is C12H13N3. The molecule has 3 heteroatoms. The number of hydrogen-bond acceptors (Lipinski definition) is 2. The molecule has 0 spiro atoms. The zero-order valence-corrected chi connectivity index (χ0v) is 8.43. The molecule has 0 saturated carbocycles. The van der Waals surface area contributed by atoms with Crippen LogP contribution in [0.3, 0.4) is 0 Å². The van der Waals surface area contributed by atoms with Crippen LogP contribution in [-0.2, 0) is 6.54 Å². The summed E-state index contributed by atoms with van der Waals surface area (Å²) >= 11 is 0. The lowest BCUT2D eigenvalue weighted by Crippen LogP contribution is -1.93. The fraction of sp³-hybridized carbons (Fsp3) is 0.0833. The fourth-order valence-electron chi connectivity index (χ4n) is 1.46. The molecule has 0 aliphatic rings. The molecule has 15 heavy (non-hydrogen) atoms. The minimum absolute atomic E-state index is 0.725. The van der Waals surface area contributed by atoms with Gasteiger partial charge in [-0.1, -0.05) is 18.2 Å². The molecule has 0 unspecified atom stereocenters. The average molecular weight is 199 g/mol. The second-order valence-electron chi connectivity index (χ2n) is 3.37. The second kappa shape index (κ2) is 4.00. The highest BCUT2D eigenvalue weighted by atomic mass is 15.3. The molecule has 0 saturated heterocycles. The van der Waals surface area contributed by atoms with Gasteiger partial charge < -0.3 is 5.73 Å². The predicted molar refractivity (Wildman–Crippen MR) is 62.3 cm³/mol. The van der Waals surface area contributed by atoms with E-state index in [1.54, 1.807) is 0 Å². The molecule has 2 N–H and O–H groups in total. The highest BCUT2D eigenvalue weighted by Gasteiger charge is 2.00. The Morgan fingerprint density at radius 2 is 2.27 bits per heavy atom. The van der Waals surface area contributed by atoms with Gasteiger partial charge in [0.2, 0.25) is 0 Å². The Bertz CT molecular complexity index is 471. The van der Waals surface area contributed by atoms with Gasteiger partial charge in [-0.15, -0.1) is 6.58 Å². The zero-order valence-electron chi connectivity index (χ0n) is 8.43. The van der Waals surface area contributed by atoms with E-state index in [9.17, 15) is 0 Å². The summed E-state index contributed by atoms with van der Waals surface area (Å²) in [5.41, 5.74) is 8.65. The third-order valence-corrected chi connectivity index (χ3v) is 2.17. The lowest BCUT2D eigenvalue weighted by atomic mass is 10.1. The van der Waals surface area contributed by atoms with Gasteiger partial charge in [-0.05, 0) is 17.7 Å². The Balaban J connectivity index is 2.32. The lowest BCUT2D eigenvalue weighted by molar-refractivity contribution is 0.703. The molecular weight excluding hydrogens is 186 g/mol. The van der Waals surface area contributed by atoms with Crippen LogP contribution in [0.25, 0.3) is 11.1 Å². The molecule has 1 aromatic carbocycles. The van der Waals surface area contributed by atoms with Crippen LogP contribution >= 0.6 is 0 Å². The minimum atomic E-state index is 0.725. The first kappa shape index (κ1) is 9.52. The van der Waals surface area contributed by atoms with Crippen molar-refractivity contribution in [2.45, 2.75) is 6.54 Å². The van der Waals surface area contributed by atoms with E-state index >= 15 is 0 Å². The van der Waals surface area contributed by atoms with Gasteiger partial charge in [-0.3, -0.25) is 4.68 Å². The smallest absolute Gasteiger partial charge is 0.0587 e. The van der Waals surface area contributed by atoms with Crippen molar-refractivity contribution in [1.82, 2.24) is 9.78 Å². The molecule has 0 atom stereocenters. The first-order valence-corrected chi connectivity index (χ1v) is 4.79. The van der Waals surface area contributed by atoms with E-state index in [1.807, 2.05) is 47.4 Å². The van der Waals surface area contributed by atoms with Crippen LogP contribution in [0, 0.1) is 0 Å². The number of aromatic nitrogens is 2. The van der Waals surface area contributed by atoms with Gasteiger partial charge >= 0.3 is 0 Å². The van der Waals surface area contributed by atoms with E-state index in [0.717, 1.165) is 23.4 Å². The highest BCUT2D eigenvalue weighted by molar-refractivity contribution is 5.65. The molecule has 1 heterocycles. The predicted octanol–water partition coefficient (Wildman–Crippen LogP) is 2.32. The highest BCUT2D eigenvalue weighted by Crippen LogP contribution is 2.20. The molecule has 1 aromatic heterocycles. The monoisotopic (exact) mass is 199 g/mol. The Labute approximate surface area is 88.8 Å². The molecule has 0 aliphatic heterocycles. The van der Waals surface area contributed by atoms with Gasteiger partial charge in [-0.25, -0.2) is 0 Å². The Morgan fingerprint density at radius 1 is 1.40 bits per heavy atom. The first-order chi connectivity index (χ1) is 7.29. The molecule has 0 bridgehead atoms. The van der Waals surface area contributed by atoms with Crippen molar-refractivity contribution in [2.75, 3.05) is 5.73 Å². The van der Waals surface area contributed by atoms with Gasteiger partial charge in [0.15, 0.2) is 0 Å². The molecule has 76 valence electrons. The normalized spacial score (nSPS) is 10.1. The topological polar surface area (TPSA) is 43.8 Å². The SMILES string of the molecule is C=CCn1cc(-c2cccc(N)c2)cn1. The molecule has 0 aliphatic carbocycles.